The Labute approximate surface area is 106 Å². The molecule has 0 unspecified atom stereocenters. The summed E-state index contributed by atoms with van der Waals surface area (Å²) in [5, 5.41) is 8.29. The Hall–Kier alpha value is -0.420. The molecule has 0 aromatic carbocycles. The largest absolute Gasteiger partial charge is 0.343 e. The van der Waals surface area contributed by atoms with E-state index >= 15 is 0 Å². The van der Waals surface area contributed by atoms with E-state index in [2.05, 4.69) is 28.9 Å². The van der Waals surface area contributed by atoms with Crippen molar-refractivity contribution in [3.8, 4) is 0 Å². The third-order valence-electron chi connectivity index (χ3n) is 3.00. The van der Waals surface area contributed by atoms with E-state index in [1.54, 1.807) is 11.3 Å². The molecule has 1 fully saturated rings. The molecule has 1 aromatic rings. The number of aromatic amines is 1. The Morgan fingerprint density at radius 2 is 2.19 bits per heavy atom. The highest BCUT2D eigenvalue weighted by molar-refractivity contribution is 7.73. The highest BCUT2D eigenvalue weighted by Gasteiger charge is 2.25. The van der Waals surface area contributed by atoms with E-state index in [1.165, 1.54) is 25.7 Å². The van der Waals surface area contributed by atoms with Crippen molar-refractivity contribution < 1.29 is 0 Å². The van der Waals surface area contributed by atoms with Crippen LogP contribution in [-0.4, -0.2) is 22.8 Å². The standard InChI is InChI=1S/C11H19N3S2/c1-8(2)7-14(9-5-3-4-6-9)10-12-13-11(15)16-10/h8-9H,3-7H2,1-2H3,(H,13,15). The van der Waals surface area contributed by atoms with Crippen LogP contribution in [-0.2, 0) is 0 Å². The first-order valence-electron chi connectivity index (χ1n) is 5.99. The summed E-state index contributed by atoms with van der Waals surface area (Å²) in [6.07, 6.45) is 5.32. The van der Waals surface area contributed by atoms with Gasteiger partial charge in [-0.1, -0.05) is 38.0 Å². The molecule has 90 valence electrons. The summed E-state index contributed by atoms with van der Waals surface area (Å²) in [4.78, 5) is 2.45. The van der Waals surface area contributed by atoms with Crippen molar-refractivity contribution in [2.24, 2.45) is 5.92 Å². The van der Waals surface area contributed by atoms with Gasteiger partial charge in [-0.2, -0.15) is 0 Å². The Morgan fingerprint density at radius 1 is 1.50 bits per heavy atom. The molecule has 0 aliphatic heterocycles. The SMILES string of the molecule is CC(C)CN(c1n[nH]c(=S)s1)C1CCCC1. The van der Waals surface area contributed by atoms with E-state index in [0.717, 1.165) is 15.6 Å². The fourth-order valence-electron chi connectivity index (χ4n) is 2.34. The lowest BCUT2D eigenvalue weighted by molar-refractivity contribution is 0.533. The molecule has 1 aromatic heterocycles. The van der Waals surface area contributed by atoms with Crippen LogP contribution in [0.15, 0.2) is 0 Å². The molecule has 2 rings (SSSR count). The average molecular weight is 257 g/mol. The fourth-order valence-corrected chi connectivity index (χ4v) is 3.30. The topological polar surface area (TPSA) is 31.9 Å². The highest BCUT2D eigenvalue weighted by atomic mass is 32.1. The Balaban J connectivity index is 2.16. The number of rotatable bonds is 4. The summed E-state index contributed by atoms with van der Waals surface area (Å²) < 4.78 is 0.779. The summed E-state index contributed by atoms with van der Waals surface area (Å²) in [6, 6.07) is 0.677. The summed E-state index contributed by atoms with van der Waals surface area (Å²) in [7, 11) is 0. The van der Waals surface area contributed by atoms with Gasteiger partial charge in [-0.25, -0.2) is 0 Å². The molecule has 0 amide bonds. The van der Waals surface area contributed by atoms with Crippen molar-refractivity contribution in [3.05, 3.63) is 3.95 Å². The van der Waals surface area contributed by atoms with Crippen LogP contribution in [0.5, 0.6) is 0 Å². The molecular weight excluding hydrogens is 238 g/mol. The Kier molecular flexibility index (Phi) is 3.97. The van der Waals surface area contributed by atoms with Crippen LogP contribution >= 0.6 is 23.6 Å². The van der Waals surface area contributed by atoms with Crippen LogP contribution < -0.4 is 4.90 Å². The average Bonchev–Trinajstić information content (AvgIpc) is 2.84. The predicted octanol–water partition coefficient (Wildman–Crippen LogP) is 3.61. The van der Waals surface area contributed by atoms with Crippen molar-refractivity contribution in [2.75, 3.05) is 11.4 Å². The van der Waals surface area contributed by atoms with E-state index in [-0.39, 0.29) is 0 Å². The molecule has 0 bridgehead atoms. The molecule has 5 heteroatoms. The molecule has 3 nitrogen and oxygen atoms in total. The molecule has 1 aliphatic carbocycles. The molecule has 0 spiro atoms. The monoisotopic (exact) mass is 257 g/mol. The summed E-state index contributed by atoms with van der Waals surface area (Å²) in [6.45, 7) is 5.60. The maximum absolute atomic E-state index is 5.11. The number of anilines is 1. The van der Waals surface area contributed by atoms with E-state index in [1.807, 2.05) is 0 Å². The lowest BCUT2D eigenvalue weighted by Gasteiger charge is -2.29. The van der Waals surface area contributed by atoms with Gasteiger partial charge in [0.25, 0.3) is 0 Å². The molecule has 0 radical (unpaired) electrons. The maximum Gasteiger partial charge on any atom is 0.207 e. The molecule has 16 heavy (non-hydrogen) atoms. The first kappa shape index (κ1) is 12.0. The van der Waals surface area contributed by atoms with E-state index in [0.29, 0.717) is 12.0 Å². The lowest BCUT2D eigenvalue weighted by atomic mass is 10.1. The van der Waals surface area contributed by atoms with Gasteiger partial charge in [0.05, 0.1) is 0 Å². The third-order valence-corrected chi connectivity index (χ3v) is 4.13. The normalized spacial score (nSPS) is 17.2. The summed E-state index contributed by atoms with van der Waals surface area (Å²) >= 11 is 6.71. The number of hydrogen-bond donors (Lipinski definition) is 1. The Morgan fingerprint density at radius 3 is 2.69 bits per heavy atom. The predicted molar refractivity (Wildman–Crippen MR) is 71.7 cm³/mol. The zero-order valence-electron chi connectivity index (χ0n) is 9.90. The minimum atomic E-state index is 0.665. The zero-order chi connectivity index (χ0) is 11.5. The minimum absolute atomic E-state index is 0.665. The van der Waals surface area contributed by atoms with Gasteiger partial charge >= 0.3 is 0 Å². The van der Waals surface area contributed by atoms with Gasteiger partial charge in [0, 0.05) is 12.6 Å². The number of nitrogens with one attached hydrogen (secondary N) is 1. The van der Waals surface area contributed by atoms with Crippen molar-refractivity contribution >= 4 is 28.7 Å². The van der Waals surface area contributed by atoms with Crippen LogP contribution in [0.4, 0.5) is 5.13 Å². The number of aromatic nitrogens is 2. The first-order valence-corrected chi connectivity index (χ1v) is 7.21. The van der Waals surface area contributed by atoms with Gasteiger partial charge in [0.2, 0.25) is 5.13 Å². The van der Waals surface area contributed by atoms with Gasteiger partial charge in [-0.15, -0.1) is 5.10 Å². The van der Waals surface area contributed by atoms with Crippen LogP contribution in [0, 0.1) is 9.87 Å². The van der Waals surface area contributed by atoms with Gasteiger partial charge in [-0.3, -0.25) is 5.10 Å². The van der Waals surface area contributed by atoms with Crippen molar-refractivity contribution in [1.29, 1.82) is 0 Å². The number of nitrogens with zero attached hydrogens (tertiary/aromatic N) is 2. The molecule has 1 heterocycles. The molecule has 0 atom stereocenters. The fraction of sp³-hybridized carbons (Fsp3) is 0.818. The van der Waals surface area contributed by atoms with Gasteiger partial charge in [0.15, 0.2) is 3.95 Å². The molecule has 1 saturated carbocycles. The van der Waals surface area contributed by atoms with Crippen molar-refractivity contribution in [1.82, 2.24) is 10.2 Å². The van der Waals surface area contributed by atoms with Gasteiger partial charge < -0.3 is 4.90 Å². The van der Waals surface area contributed by atoms with Crippen molar-refractivity contribution in [2.45, 2.75) is 45.6 Å². The smallest absolute Gasteiger partial charge is 0.207 e. The molecule has 1 aliphatic rings. The molecule has 1 N–H and O–H groups in total. The van der Waals surface area contributed by atoms with Gasteiger partial charge in [0.1, 0.15) is 0 Å². The Bertz CT molecular complexity index is 377. The second-order valence-corrected chi connectivity index (χ2v) is 6.52. The van der Waals surface area contributed by atoms with E-state index < -0.39 is 0 Å². The third kappa shape index (κ3) is 2.83. The number of H-pyrrole nitrogens is 1. The zero-order valence-corrected chi connectivity index (χ0v) is 11.5. The van der Waals surface area contributed by atoms with Crippen LogP contribution in [0.1, 0.15) is 39.5 Å². The molecule has 0 saturated heterocycles. The van der Waals surface area contributed by atoms with Gasteiger partial charge in [-0.05, 0) is 31.0 Å². The summed E-state index contributed by atoms with van der Waals surface area (Å²) in [5.41, 5.74) is 0. The summed E-state index contributed by atoms with van der Waals surface area (Å²) in [5.74, 6) is 0.665. The highest BCUT2D eigenvalue weighted by Crippen LogP contribution is 2.30. The van der Waals surface area contributed by atoms with Crippen molar-refractivity contribution in [3.63, 3.8) is 0 Å². The second kappa shape index (κ2) is 5.27. The quantitative estimate of drug-likeness (QED) is 0.836. The number of hydrogen-bond acceptors (Lipinski definition) is 4. The minimum Gasteiger partial charge on any atom is -0.343 e. The van der Waals surface area contributed by atoms with Crippen LogP contribution in [0.2, 0.25) is 0 Å². The van der Waals surface area contributed by atoms with E-state index in [9.17, 15) is 0 Å². The molecular formula is C11H19N3S2. The maximum atomic E-state index is 5.11. The van der Waals surface area contributed by atoms with Crippen LogP contribution in [0.25, 0.3) is 0 Å². The lowest BCUT2D eigenvalue weighted by Crippen LogP contribution is -2.36. The first-order chi connectivity index (χ1) is 7.66. The van der Waals surface area contributed by atoms with E-state index in [4.69, 9.17) is 12.2 Å². The van der Waals surface area contributed by atoms with Crippen LogP contribution in [0.3, 0.4) is 0 Å². The second-order valence-electron chi connectivity index (χ2n) is 4.88.